The lowest BCUT2D eigenvalue weighted by molar-refractivity contribution is -0.133. The summed E-state index contributed by atoms with van der Waals surface area (Å²) < 4.78 is 0. The first-order valence-electron chi connectivity index (χ1n) is 5.84. The second-order valence-corrected chi connectivity index (χ2v) is 5.76. The van der Waals surface area contributed by atoms with Gasteiger partial charge in [-0.15, -0.1) is 11.3 Å². The van der Waals surface area contributed by atoms with Gasteiger partial charge in [-0.05, 0) is 18.8 Å². The van der Waals surface area contributed by atoms with E-state index in [1.807, 2.05) is 10.3 Å². The molecule has 0 bridgehead atoms. The van der Waals surface area contributed by atoms with Crippen molar-refractivity contribution in [3.8, 4) is 0 Å². The van der Waals surface area contributed by atoms with Crippen molar-refractivity contribution in [2.24, 2.45) is 5.92 Å². The third-order valence-electron chi connectivity index (χ3n) is 2.68. The number of hydrogen-bond donors (Lipinski definition) is 0. The first-order valence-corrected chi connectivity index (χ1v) is 6.72. The Bertz CT molecular complexity index is 344. The molecule has 1 aromatic rings. The number of rotatable bonds is 5. The Kier molecular flexibility index (Phi) is 3.59. The molecule has 0 radical (unpaired) electrons. The smallest absolute Gasteiger partial charge is 0.223 e. The molecule has 1 aliphatic carbocycles. The number of aromatic nitrogens is 1. The van der Waals surface area contributed by atoms with Crippen LogP contribution < -0.4 is 0 Å². The van der Waals surface area contributed by atoms with Crippen LogP contribution in [-0.2, 0) is 11.3 Å². The van der Waals surface area contributed by atoms with Gasteiger partial charge in [-0.1, -0.05) is 13.8 Å². The quantitative estimate of drug-likeness (QED) is 0.790. The normalized spacial score (nSPS) is 15.4. The van der Waals surface area contributed by atoms with Crippen molar-refractivity contribution in [3.63, 3.8) is 0 Å². The molecule has 0 atom stereocenters. The van der Waals surface area contributed by atoms with Gasteiger partial charge in [0.1, 0.15) is 5.01 Å². The fraction of sp³-hybridized carbons (Fsp3) is 0.667. The van der Waals surface area contributed by atoms with Crippen molar-refractivity contribution < 1.29 is 4.79 Å². The SMILES string of the molecule is CC(C)CC(=O)N(Cc1nccs1)C1CC1. The number of thiazole rings is 1. The summed E-state index contributed by atoms with van der Waals surface area (Å²) in [6.07, 6.45) is 4.78. The molecule has 1 aliphatic rings. The second kappa shape index (κ2) is 4.95. The molecule has 0 saturated heterocycles. The largest absolute Gasteiger partial charge is 0.333 e. The molecule has 0 spiro atoms. The molecule has 88 valence electrons. The minimum atomic E-state index is 0.285. The summed E-state index contributed by atoms with van der Waals surface area (Å²) in [6, 6.07) is 0.482. The van der Waals surface area contributed by atoms with Crippen LogP contribution in [0.15, 0.2) is 11.6 Å². The average Bonchev–Trinajstić information content (AvgIpc) is 2.91. The third kappa shape index (κ3) is 3.04. The topological polar surface area (TPSA) is 33.2 Å². The van der Waals surface area contributed by atoms with Crippen molar-refractivity contribution in [3.05, 3.63) is 16.6 Å². The molecule has 4 heteroatoms. The number of carbonyl (C=O) groups is 1. The molecule has 3 nitrogen and oxygen atoms in total. The minimum Gasteiger partial charge on any atom is -0.333 e. The van der Waals surface area contributed by atoms with Gasteiger partial charge in [0.05, 0.1) is 6.54 Å². The lowest BCUT2D eigenvalue weighted by Crippen LogP contribution is -2.33. The maximum atomic E-state index is 12.1. The highest BCUT2D eigenvalue weighted by Gasteiger charge is 2.32. The summed E-state index contributed by atoms with van der Waals surface area (Å²) in [5.41, 5.74) is 0. The van der Waals surface area contributed by atoms with E-state index in [2.05, 4.69) is 18.8 Å². The van der Waals surface area contributed by atoms with Crippen molar-refractivity contribution in [1.82, 2.24) is 9.88 Å². The maximum Gasteiger partial charge on any atom is 0.223 e. The zero-order valence-corrected chi connectivity index (χ0v) is 10.7. The van der Waals surface area contributed by atoms with Crippen LogP contribution in [0.4, 0.5) is 0 Å². The molecule has 2 rings (SSSR count). The van der Waals surface area contributed by atoms with E-state index in [9.17, 15) is 4.79 Å². The molecule has 0 aromatic carbocycles. The van der Waals surface area contributed by atoms with Crippen LogP contribution in [0.2, 0.25) is 0 Å². The Morgan fingerprint density at radius 1 is 1.62 bits per heavy atom. The molecule has 0 aliphatic heterocycles. The van der Waals surface area contributed by atoms with Crippen molar-refractivity contribution >= 4 is 17.2 Å². The van der Waals surface area contributed by atoms with Gasteiger partial charge in [0, 0.05) is 24.0 Å². The third-order valence-corrected chi connectivity index (χ3v) is 3.44. The van der Waals surface area contributed by atoms with Crippen LogP contribution in [-0.4, -0.2) is 21.8 Å². The van der Waals surface area contributed by atoms with Crippen molar-refractivity contribution in [2.45, 2.75) is 45.7 Å². The van der Waals surface area contributed by atoms with Crippen LogP contribution in [0.3, 0.4) is 0 Å². The fourth-order valence-corrected chi connectivity index (χ4v) is 2.36. The summed E-state index contributed by atoms with van der Waals surface area (Å²) in [5, 5.41) is 3.01. The zero-order chi connectivity index (χ0) is 11.5. The van der Waals surface area contributed by atoms with Crippen LogP contribution in [0.5, 0.6) is 0 Å². The van der Waals surface area contributed by atoms with Crippen LogP contribution in [0.1, 0.15) is 38.1 Å². The highest BCUT2D eigenvalue weighted by atomic mass is 32.1. The van der Waals surface area contributed by atoms with Gasteiger partial charge in [-0.3, -0.25) is 4.79 Å². The van der Waals surface area contributed by atoms with E-state index in [0.717, 1.165) is 17.8 Å². The van der Waals surface area contributed by atoms with Crippen molar-refractivity contribution in [1.29, 1.82) is 0 Å². The summed E-state index contributed by atoms with van der Waals surface area (Å²) in [5.74, 6) is 0.720. The van der Waals surface area contributed by atoms with E-state index in [1.54, 1.807) is 17.5 Å². The van der Waals surface area contributed by atoms with Gasteiger partial charge in [0.15, 0.2) is 0 Å². The van der Waals surface area contributed by atoms with Gasteiger partial charge in [-0.2, -0.15) is 0 Å². The molecule has 0 unspecified atom stereocenters. The van der Waals surface area contributed by atoms with E-state index in [-0.39, 0.29) is 5.91 Å². The highest BCUT2D eigenvalue weighted by molar-refractivity contribution is 7.09. The molecule has 1 saturated carbocycles. The summed E-state index contributed by atoms with van der Waals surface area (Å²) in [4.78, 5) is 18.3. The molecule has 1 amide bonds. The highest BCUT2D eigenvalue weighted by Crippen LogP contribution is 2.29. The van der Waals surface area contributed by atoms with E-state index in [1.165, 1.54) is 0 Å². The van der Waals surface area contributed by atoms with E-state index in [0.29, 0.717) is 24.9 Å². The van der Waals surface area contributed by atoms with Gasteiger partial charge in [-0.25, -0.2) is 4.98 Å². The predicted molar refractivity (Wildman–Crippen MR) is 65.1 cm³/mol. The number of hydrogen-bond acceptors (Lipinski definition) is 3. The number of carbonyl (C=O) groups excluding carboxylic acids is 1. The Hall–Kier alpha value is -0.900. The Morgan fingerprint density at radius 3 is 2.88 bits per heavy atom. The maximum absolute atomic E-state index is 12.1. The van der Waals surface area contributed by atoms with Crippen LogP contribution >= 0.6 is 11.3 Å². The molecule has 1 aromatic heterocycles. The minimum absolute atomic E-state index is 0.285. The lowest BCUT2D eigenvalue weighted by Gasteiger charge is -2.22. The fourth-order valence-electron chi connectivity index (χ4n) is 1.75. The molecule has 1 fully saturated rings. The first kappa shape index (κ1) is 11.6. The van der Waals surface area contributed by atoms with E-state index < -0.39 is 0 Å². The van der Waals surface area contributed by atoms with Gasteiger partial charge >= 0.3 is 0 Å². The van der Waals surface area contributed by atoms with E-state index in [4.69, 9.17) is 0 Å². The molecule has 1 heterocycles. The lowest BCUT2D eigenvalue weighted by atomic mass is 10.1. The number of amides is 1. The molecular formula is C12H18N2OS. The Balaban J connectivity index is 1.97. The molecule has 16 heavy (non-hydrogen) atoms. The van der Waals surface area contributed by atoms with E-state index >= 15 is 0 Å². The summed E-state index contributed by atoms with van der Waals surface area (Å²) in [6.45, 7) is 4.88. The Morgan fingerprint density at radius 2 is 2.38 bits per heavy atom. The summed E-state index contributed by atoms with van der Waals surface area (Å²) in [7, 11) is 0. The van der Waals surface area contributed by atoms with Gasteiger partial charge in [0.2, 0.25) is 5.91 Å². The summed E-state index contributed by atoms with van der Waals surface area (Å²) >= 11 is 1.63. The van der Waals surface area contributed by atoms with Crippen molar-refractivity contribution in [2.75, 3.05) is 0 Å². The zero-order valence-electron chi connectivity index (χ0n) is 9.85. The van der Waals surface area contributed by atoms with Gasteiger partial charge < -0.3 is 4.90 Å². The predicted octanol–water partition coefficient (Wildman–Crippen LogP) is 2.68. The van der Waals surface area contributed by atoms with Gasteiger partial charge in [0.25, 0.3) is 0 Å². The van der Waals surface area contributed by atoms with Crippen LogP contribution in [0, 0.1) is 5.92 Å². The monoisotopic (exact) mass is 238 g/mol. The molecular weight excluding hydrogens is 220 g/mol. The van der Waals surface area contributed by atoms with Crippen LogP contribution in [0.25, 0.3) is 0 Å². The second-order valence-electron chi connectivity index (χ2n) is 4.78. The molecule has 0 N–H and O–H groups in total. The first-order chi connectivity index (χ1) is 7.66. The Labute approximate surface area is 100 Å². The average molecular weight is 238 g/mol. The standard InChI is InChI=1S/C12H18N2OS/c1-9(2)7-12(15)14(10-3-4-10)8-11-13-5-6-16-11/h5-6,9-10H,3-4,7-8H2,1-2H3. The number of nitrogens with zero attached hydrogens (tertiary/aromatic N) is 2.